The summed E-state index contributed by atoms with van der Waals surface area (Å²) in [6.07, 6.45) is 2.86. The maximum absolute atomic E-state index is 12.7. The van der Waals surface area contributed by atoms with E-state index in [9.17, 15) is 8.42 Å². The number of rotatable bonds is 5. The Morgan fingerprint density at radius 2 is 1.91 bits per heavy atom. The molecule has 4 nitrogen and oxygen atoms in total. The van der Waals surface area contributed by atoms with Crippen LogP contribution in [0.25, 0.3) is 0 Å². The van der Waals surface area contributed by atoms with Crippen molar-refractivity contribution in [1.29, 1.82) is 0 Å². The van der Waals surface area contributed by atoms with Gasteiger partial charge in [0.2, 0.25) is 10.0 Å². The van der Waals surface area contributed by atoms with Crippen LogP contribution in [-0.2, 0) is 10.0 Å². The summed E-state index contributed by atoms with van der Waals surface area (Å²) in [5.41, 5.74) is 0. The molecule has 22 heavy (non-hydrogen) atoms. The molecule has 0 unspecified atom stereocenters. The van der Waals surface area contributed by atoms with Gasteiger partial charge in [0.15, 0.2) is 0 Å². The average molecular weight is 388 g/mol. The van der Waals surface area contributed by atoms with Crippen LogP contribution in [0.5, 0.6) is 0 Å². The Bertz CT molecular complexity index is 588. The maximum Gasteiger partial charge on any atom is 0.244 e. The first-order chi connectivity index (χ1) is 9.96. The number of sulfonamides is 1. The number of halogens is 3. The molecule has 1 aliphatic rings. The van der Waals surface area contributed by atoms with E-state index in [0.717, 1.165) is 25.8 Å². The first kappa shape index (κ1) is 20.0. The zero-order valence-corrected chi connectivity index (χ0v) is 15.5. The van der Waals surface area contributed by atoms with Gasteiger partial charge < -0.3 is 5.32 Å². The number of hydrogen-bond donors (Lipinski definition) is 1. The van der Waals surface area contributed by atoms with Gasteiger partial charge >= 0.3 is 0 Å². The highest BCUT2D eigenvalue weighted by molar-refractivity contribution is 7.89. The third kappa shape index (κ3) is 4.49. The Kier molecular flexibility index (Phi) is 7.92. The zero-order chi connectivity index (χ0) is 15.5. The molecule has 0 aliphatic carbocycles. The molecule has 0 saturated carbocycles. The van der Waals surface area contributed by atoms with Gasteiger partial charge in [-0.3, -0.25) is 0 Å². The minimum absolute atomic E-state index is 0. The molecule has 1 saturated heterocycles. The van der Waals surface area contributed by atoms with Crippen molar-refractivity contribution < 1.29 is 8.42 Å². The topological polar surface area (TPSA) is 49.4 Å². The van der Waals surface area contributed by atoms with Gasteiger partial charge in [-0.25, -0.2) is 8.42 Å². The third-order valence-electron chi connectivity index (χ3n) is 3.91. The molecule has 1 heterocycles. The molecule has 0 atom stereocenters. The van der Waals surface area contributed by atoms with Crippen LogP contribution < -0.4 is 5.32 Å². The van der Waals surface area contributed by atoms with Gasteiger partial charge in [0.1, 0.15) is 4.90 Å². The van der Waals surface area contributed by atoms with Crippen molar-refractivity contribution in [3.05, 3.63) is 28.2 Å². The Balaban J connectivity index is 0.00000242. The van der Waals surface area contributed by atoms with E-state index in [1.807, 2.05) is 7.05 Å². The number of nitrogens with zero attached hydrogens (tertiary/aromatic N) is 1. The summed E-state index contributed by atoms with van der Waals surface area (Å²) < 4.78 is 26.8. The summed E-state index contributed by atoms with van der Waals surface area (Å²) in [5.74, 6) is 0.582. The minimum atomic E-state index is -3.56. The maximum atomic E-state index is 12.7. The largest absolute Gasteiger partial charge is 0.320 e. The van der Waals surface area contributed by atoms with Gasteiger partial charge in [0.25, 0.3) is 0 Å². The van der Waals surface area contributed by atoms with Gasteiger partial charge in [-0.2, -0.15) is 4.31 Å². The summed E-state index contributed by atoms with van der Waals surface area (Å²) in [5, 5.41) is 3.51. The molecule has 1 N–H and O–H groups in total. The van der Waals surface area contributed by atoms with E-state index >= 15 is 0 Å². The molecular formula is C14H21Cl3N2O2S. The normalized spacial score (nSPS) is 17.2. The van der Waals surface area contributed by atoms with E-state index in [0.29, 0.717) is 19.0 Å². The summed E-state index contributed by atoms with van der Waals surface area (Å²) in [4.78, 5) is 0.102. The van der Waals surface area contributed by atoms with Crippen LogP contribution in [0.15, 0.2) is 23.1 Å². The Morgan fingerprint density at radius 1 is 1.27 bits per heavy atom. The van der Waals surface area contributed by atoms with Crippen molar-refractivity contribution in [2.75, 3.05) is 26.7 Å². The van der Waals surface area contributed by atoms with E-state index < -0.39 is 10.0 Å². The number of hydrogen-bond acceptors (Lipinski definition) is 3. The first-order valence-corrected chi connectivity index (χ1v) is 9.25. The molecule has 1 aromatic carbocycles. The Labute approximate surface area is 148 Å². The quantitative estimate of drug-likeness (QED) is 0.842. The van der Waals surface area contributed by atoms with Crippen molar-refractivity contribution in [2.45, 2.75) is 24.2 Å². The molecule has 0 spiro atoms. The van der Waals surface area contributed by atoms with Crippen LogP contribution in [-0.4, -0.2) is 39.4 Å². The molecule has 126 valence electrons. The van der Waals surface area contributed by atoms with E-state index in [4.69, 9.17) is 23.2 Å². The fourth-order valence-electron chi connectivity index (χ4n) is 2.61. The third-order valence-corrected chi connectivity index (χ3v) is 6.78. The molecule has 1 aliphatic heterocycles. The van der Waals surface area contributed by atoms with Crippen molar-refractivity contribution in [3.8, 4) is 0 Å². The van der Waals surface area contributed by atoms with Crippen molar-refractivity contribution in [3.63, 3.8) is 0 Å². The Morgan fingerprint density at radius 3 is 2.50 bits per heavy atom. The number of benzene rings is 1. The van der Waals surface area contributed by atoms with E-state index in [-0.39, 0.29) is 27.3 Å². The molecular weight excluding hydrogens is 367 g/mol. The lowest BCUT2D eigenvalue weighted by Gasteiger charge is -2.31. The zero-order valence-electron chi connectivity index (χ0n) is 12.4. The van der Waals surface area contributed by atoms with Gasteiger partial charge in [0, 0.05) is 13.1 Å². The highest BCUT2D eigenvalue weighted by Crippen LogP contribution is 2.32. The number of nitrogens with one attached hydrogen (secondary N) is 1. The molecule has 2 rings (SSSR count). The van der Waals surface area contributed by atoms with Crippen LogP contribution >= 0.6 is 35.6 Å². The molecule has 1 aromatic rings. The summed E-state index contributed by atoms with van der Waals surface area (Å²) >= 11 is 12.0. The first-order valence-electron chi connectivity index (χ1n) is 7.05. The monoisotopic (exact) mass is 386 g/mol. The lowest BCUT2D eigenvalue weighted by Crippen LogP contribution is -2.39. The summed E-state index contributed by atoms with van der Waals surface area (Å²) in [7, 11) is -1.63. The van der Waals surface area contributed by atoms with Crippen LogP contribution in [0.4, 0.5) is 0 Å². The Hall–Kier alpha value is -0.0400. The van der Waals surface area contributed by atoms with Crippen LogP contribution in [0, 0.1) is 5.92 Å². The standard InChI is InChI=1S/C14H20Cl2N2O2S.ClH/c1-17-8-5-11-6-9-18(10-7-11)21(19,20)13-4-2-3-12(15)14(13)16;/h2-4,11,17H,5-10H2,1H3;1H. The molecule has 0 amide bonds. The van der Waals surface area contributed by atoms with E-state index in [2.05, 4.69) is 5.32 Å². The molecule has 0 radical (unpaired) electrons. The SMILES string of the molecule is CNCCC1CCN(S(=O)(=O)c2cccc(Cl)c2Cl)CC1.Cl. The van der Waals surface area contributed by atoms with E-state index in [1.54, 1.807) is 12.1 Å². The minimum Gasteiger partial charge on any atom is -0.320 e. The van der Waals surface area contributed by atoms with Gasteiger partial charge in [-0.1, -0.05) is 29.3 Å². The highest BCUT2D eigenvalue weighted by atomic mass is 35.5. The lowest BCUT2D eigenvalue weighted by molar-refractivity contribution is 0.263. The van der Waals surface area contributed by atoms with Gasteiger partial charge in [-0.15, -0.1) is 12.4 Å². The summed E-state index contributed by atoms with van der Waals surface area (Å²) in [6.45, 7) is 2.05. The fraction of sp³-hybridized carbons (Fsp3) is 0.571. The fourth-order valence-corrected chi connectivity index (χ4v) is 4.81. The van der Waals surface area contributed by atoms with Crippen LogP contribution in [0.2, 0.25) is 10.0 Å². The second-order valence-electron chi connectivity index (χ2n) is 5.29. The molecule has 8 heteroatoms. The average Bonchev–Trinajstić information content (AvgIpc) is 2.48. The smallest absolute Gasteiger partial charge is 0.244 e. The van der Waals surface area contributed by atoms with Crippen molar-refractivity contribution in [1.82, 2.24) is 9.62 Å². The predicted molar refractivity (Wildman–Crippen MR) is 93.7 cm³/mol. The van der Waals surface area contributed by atoms with Gasteiger partial charge in [-0.05, 0) is 50.9 Å². The lowest BCUT2D eigenvalue weighted by atomic mass is 9.95. The van der Waals surface area contributed by atoms with Crippen LogP contribution in [0.3, 0.4) is 0 Å². The van der Waals surface area contributed by atoms with E-state index in [1.165, 1.54) is 10.4 Å². The number of piperidine rings is 1. The summed E-state index contributed by atoms with van der Waals surface area (Å²) in [6, 6.07) is 4.71. The second-order valence-corrected chi connectivity index (χ2v) is 7.98. The van der Waals surface area contributed by atoms with Crippen LogP contribution in [0.1, 0.15) is 19.3 Å². The van der Waals surface area contributed by atoms with Gasteiger partial charge in [0.05, 0.1) is 10.0 Å². The molecule has 0 bridgehead atoms. The predicted octanol–water partition coefficient (Wildman–Crippen LogP) is 3.43. The molecule has 0 aromatic heterocycles. The van der Waals surface area contributed by atoms with Crippen molar-refractivity contribution >= 4 is 45.6 Å². The molecule has 1 fully saturated rings. The van der Waals surface area contributed by atoms with Crippen molar-refractivity contribution in [2.24, 2.45) is 5.92 Å². The highest BCUT2D eigenvalue weighted by Gasteiger charge is 2.31. The second kappa shape index (κ2) is 8.71.